The van der Waals surface area contributed by atoms with Crippen LogP contribution in [0.4, 0.5) is 14.6 Å². The van der Waals surface area contributed by atoms with Gasteiger partial charge in [0.25, 0.3) is 6.43 Å². The van der Waals surface area contributed by atoms with Crippen LogP contribution in [0.5, 0.6) is 0 Å². The molecule has 0 bridgehead atoms. The summed E-state index contributed by atoms with van der Waals surface area (Å²) in [4.78, 5) is 5.32. The first-order valence-corrected chi connectivity index (χ1v) is 4.96. The standard InChI is InChI=1S/C10H15F2N3O/c11-9(12)7-15(3-4-16)10-5-8(6-13)1-2-14-10/h1-2,5,9,16H,3-4,6-7,13H2. The van der Waals surface area contributed by atoms with Gasteiger partial charge in [0.15, 0.2) is 0 Å². The predicted molar refractivity (Wildman–Crippen MR) is 57.4 cm³/mol. The fourth-order valence-corrected chi connectivity index (χ4v) is 1.35. The van der Waals surface area contributed by atoms with E-state index < -0.39 is 13.0 Å². The van der Waals surface area contributed by atoms with Crippen LogP contribution in [-0.4, -0.2) is 36.2 Å². The van der Waals surface area contributed by atoms with Crippen LogP contribution in [0.3, 0.4) is 0 Å². The third kappa shape index (κ3) is 3.71. The molecule has 1 aromatic heterocycles. The van der Waals surface area contributed by atoms with Crippen LogP contribution in [0.15, 0.2) is 18.3 Å². The number of anilines is 1. The van der Waals surface area contributed by atoms with Crippen molar-refractivity contribution in [3.8, 4) is 0 Å². The minimum Gasteiger partial charge on any atom is -0.395 e. The van der Waals surface area contributed by atoms with Gasteiger partial charge < -0.3 is 15.7 Å². The van der Waals surface area contributed by atoms with Gasteiger partial charge in [-0.1, -0.05) is 0 Å². The van der Waals surface area contributed by atoms with E-state index in [9.17, 15) is 8.78 Å². The summed E-state index contributed by atoms with van der Waals surface area (Å²) in [5.41, 5.74) is 6.27. The fourth-order valence-electron chi connectivity index (χ4n) is 1.35. The van der Waals surface area contributed by atoms with Crippen LogP contribution in [0, 0.1) is 0 Å². The SMILES string of the molecule is NCc1ccnc(N(CCO)CC(F)F)c1. The quantitative estimate of drug-likeness (QED) is 0.752. The first-order chi connectivity index (χ1) is 7.67. The molecular formula is C10H15F2N3O. The van der Waals surface area contributed by atoms with Gasteiger partial charge in [-0.3, -0.25) is 0 Å². The van der Waals surface area contributed by atoms with Gasteiger partial charge in [0, 0.05) is 19.3 Å². The second kappa shape index (κ2) is 6.34. The first-order valence-electron chi connectivity index (χ1n) is 4.96. The molecule has 0 aliphatic carbocycles. The zero-order valence-corrected chi connectivity index (χ0v) is 8.81. The maximum Gasteiger partial charge on any atom is 0.255 e. The molecule has 6 heteroatoms. The Kier molecular flexibility index (Phi) is 5.07. The molecule has 16 heavy (non-hydrogen) atoms. The Balaban J connectivity index is 2.82. The van der Waals surface area contributed by atoms with Crippen molar-refractivity contribution >= 4 is 5.82 Å². The summed E-state index contributed by atoms with van der Waals surface area (Å²) < 4.78 is 24.6. The van der Waals surface area contributed by atoms with Gasteiger partial charge in [0.1, 0.15) is 5.82 Å². The number of pyridine rings is 1. The number of halogens is 2. The van der Waals surface area contributed by atoms with Gasteiger partial charge in [-0.2, -0.15) is 0 Å². The molecule has 0 saturated carbocycles. The van der Waals surface area contributed by atoms with Gasteiger partial charge in [-0.05, 0) is 17.7 Å². The van der Waals surface area contributed by atoms with E-state index in [2.05, 4.69) is 4.98 Å². The third-order valence-corrected chi connectivity index (χ3v) is 2.10. The van der Waals surface area contributed by atoms with E-state index in [1.165, 1.54) is 11.1 Å². The van der Waals surface area contributed by atoms with Gasteiger partial charge >= 0.3 is 0 Å². The maximum absolute atomic E-state index is 12.3. The van der Waals surface area contributed by atoms with E-state index in [0.29, 0.717) is 12.4 Å². The molecule has 1 heterocycles. The molecule has 90 valence electrons. The van der Waals surface area contributed by atoms with Crippen LogP contribution in [-0.2, 0) is 6.54 Å². The molecule has 0 aromatic carbocycles. The third-order valence-electron chi connectivity index (χ3n) is 2.10. The summed E-state index contributed by atoms with van der Waals surface area (Å²) in [7, 11) is 0. The zero-order valence-electron chi connectivity index (χ0n) is 8.81. The lowest BCUT2D eigenvalue weighted by atomic mass is 10.2. The van der Waals surface area contributed by atoms with Crippen LogP contribution in [0.2, 0.25) is 0 Å². The lowest BCUT2D eigenvalue weighted by Crippen LogP contribution is -2.32. The van der Waals surface area contributed by atoms with Crippen molar-refractivity contribution in [3.05, 3.63) is 23.9 Å². The molecule has 1 rings (SSSR count). The van der Waals surface area contributed by atoms with Crippen molar-refractivity contribution in [1.82, 2.24) is 4.98 Å². The number of hydrogen-bond donors (Lipinski definition) is 2. The monoisotopic (exact) mass is 231 g/mol. The van der Waals surface area contributed by atoms with E-state index in [1.807, 2.05) is 0 Å². The lowest BCUT2D eigenvalue weighted by Gasteiger charge is -2.22. The van der Waals surface area contributed by atoms with Crippen molar-refractivity contribution in [2.75, 3.05) is 24.6 Å². The summed E-state index contributed by atoms with van der Waals surface area (Å²) in [5, 5.41) is 8.80. The Bertz CT molecular complexity index is 323. The van der Waals surface area contributed by atoms with Gasteiger partial charge in [0.2, 0.25) is 0 Å². The van der Waals surface area contributed by atoms with Crippen molar-refractivity contribution in [3.63, 3.8) is 0 Å². The van der Waals surface area contributed by atoms with Crippen molar-refractivity contribution in [2.45, 2.75) is 13.0 Å². The highest BCUT2D eigenvalue weighted by molar-refractivity contribution is 5.41. The lowest BCUT2D eigenvalue weighted by molar-refractivity contribution is 0.152. The molecule has 0 unspecified atom stereocenters. The molecular weight excluding hydrogens is 216 g/mol. The number of aliphatic hydroxyl groups excluding tert-OH is 1. The molecule has 4 nitrogen and oxygen atoms in total. The van der Waals surface area contributed by atoms with Crippen LogP contribution in [0.1, 0.15) is 5.56 Å². The molecule has 0 spiro atoms. The van der Waals surface area contributed by atoms with Crippen molar-refractivity contribution < 1.29 is 13.9 Å². The molecule has 0 atom stereocenters. The molecule has 0 radical (unpaired) electrons. The fraction of sp³-hybridized carbons (Fsp3) is 0.500. The number of aromatic nitrogens is 1. The average Bonchev–Trinajstić information content (AvgIpc) is 2.28. The van der Waals surface area contributed by atoms with E-state index in [0.717, 1.165) is 5.56 Å². The van der Waals surface area contributed by atoms with Crippen LogP contribution >= 0.6 is 0 Å². The number of hydrogen-bond acceptors (Lipinski definition) is 4. The molecule has 3 N–H and O–H groups in total. The van der Waals surface area contributed by atoms with Crippen LogP contribution < -0.4 is 10.6 Å². The molecule has 0 amide bonds. The largest absolute Gasteiger partial charge is 0.395 e. The highest BCUT2D eigenvalue weighted by Gasteiger charge is 2.13. The van der Waals surface area contributed by atoms with Gasteiger partial charge in [-0.15, -0.1) is 0 Å². The number of alkyl halides is 2. The number of nitrogens with zero attached hydrogens (tertiary/aromatic N) is 2. The smallest absolute Gasteiger partial charge is 0.255 e. The molecule has 0 fully saturated rings. The van der Waals surface area contributed by atoms with Crippen LogP contribution in [0.25, 0.3) is 0 Å². The number of rotatable bonds is 6. The van der Waals surface area contributed by atoms with E-state index in [-0.39, 0.29) is 13.2 Å². The summed E-state index contributed by atoms with van der Waals surface area (Å²) in [6.07, 6.45) is -0.942. The molecule has 0 saturated heterocycles. The Morgan fingerprint density at radius 2 is 2.25 bits per heavy atom. The van der Waals surface area contributed by atoms with E-state index in [4.69, 9.17) is 10.8 Å². The summed E-state index contributed by atoms with van der Waals surface area (Å²) >= 11 is 0. The normalized spacial score (nSPS) is 10.8. The minimum absolute atomic E-state index is 0.130. The Morgan fingerprint density at radius 1 is 1.50 bits per heavy atom. The summed E-state index contributed by atoms with van der Waals surface area (Å²) in [6.45, 7) is -0.175. The molecule has 1 aromatic rings. The van der Waals surface area contributed by atoms with Gasteiger partial charge in [0.05, 0.1) is 13.2 Å². The number of nitrogens with two attached hydrogens (primary N) is 1. The van der Waals surface area contributed by atoms with E-state index >= 15 is 0 Å². The van der Waals surface area contributed by atoms with Crippen molar-refractivity contribution in [1.29, 1.82) is 0 Å². The Morgan fingerprint density at radius 3 is 2.81 bits per heavy atom. The predicted octanol–water partition coefficient (Wildman–Crippen LogP) is 0.604. The van der Waals surface area contributed by atoms with Crippen molar-refractivity contribution in [2.24, 2.45) is 5.73 Å². The average molecular weight is 231 g/mol. The first kappa shape index (κ1) is 12.8. The zero-order chi connectivity index (χ0) is 12.0. The summed E-state index contributed by atoms with van der Waals surface area (Å²) in [5.74, 6) is 0.414. The number of aliphatic hydroxyl groups is 1. The van der Waals surface area contributed by atoms with Gasteiger partial charge in [-0.25, -0.2) is 13.8 Å². The highest BCUT2D eigenvalue weighted by atomic mass is 19.3. The highest BCUT2D eigenvalue weighted by Crippen LogP contribution is 2.13. The summed E-state index contributed by atoms with van der Waals surface area (Å²) in [6, 6.07) is 3.38. The topological polar surface area (TPSA) is 62.4 Å². The Hall–Kier alpha value is -1.27. The minimum atomic E-state index is -2.46. The molecule has 0 aliphatic heterocycles. The van der Waals surface area contributed by atoms with E-state index in [1.54, 1.807) is 12.1 Å². The second-order valence-corrected chi connectivity index (χ2v) is 3.29. The maximum atomic E-state index is 12.3. The second-order valence-electron chi connectivity index (χ2n) is 3.29. The molecule has 0 aliphatic rings. The Labute approximate surface area is 92.7 Å².